The molecule has 1 heteroatoms. The van der Waals surface area contributed by atoms with Gasteiger partial charge in [-0.3, -0.25) is 0 Å². The molecule has 0 aromatic rings. The maximum absolute atomic E-state index is 3.90. The van der Waals surface area contributed by atoms with Gasteiger partial charge in [0.2, 0.25) is 0 Å². The van der Waals surface area contributed by atoms with Crippen LogP contribution < -0.4 is 5.32 Å². The van der Waals surface area contributed by atoms with E-state index in [-0.39, 0.29) is 0 Å². The smallest absolute Gasteiger partial charge is 0.0129 e. The third-order valence-electron chi connectivity index (χ3n) is 5.98. The number of fused-ring (bicyclic) bond motifs is 1. The molecule has 0 aliphatic heterocycles. The van der Waals surface area contributed by atoms with Crippen molar-refractivity contribution in [3.05, 3.63) is 0 Å². The van der Waals surface area contributed by atoms with Gasteiger partial charge in [0.05, 0.1) is 0 Å². The summed E-state index contributed by atoms with van der Waals surface area (Å²) in [5, 5.41) is 3.90. The van der Waals surface area contributed by atoms with Crippen molar-refractivity contribution in [2.45, 2.75) is 77.2 Å². The standard InChI is InChI=1S/C17H31N/c1-2-18-17(13-9-5-3-4-6-10-13)16-14-11-7-8-12-15(14)16/h13-18H,2-12H2,1H3. The van der Waals surface area contributed by atoms with Crippen molar-refractivity contribution < 1.29 is 0 Å². The lowest BCUT2D eigenvalue weighted by atomic mass is 9.87. The van der Waals surface area contributed by atoms with Crippen molar-refractivity contribution in [2.75, 3.05) is 6.54 Å². The minimum absolute atomic E-state index is 0.876. The van der Waals surface area contributed by atoms with E-state index in [9.17, 15) is 0 Å². The lowest BCUT2D eigenvalue weighted by Gasteiger charge is -2.28. The number of hydrogen-bond acceptors (Lipinski definition) is 1. The Bertz CT molecular complexity index is 240. The van der Waals surface area contributed by atoms with E-state index in [2.05, 4.69) is 12.2 Å². The minimum atomic E-state index is 0.876. The van der Waals surface area contributed by atoms with Crippen LogP contribution in [0.25, 0.3) is 0 Å². The third-order valence-corrected chi connectivity index (χ3v) is 5.98. The van der Waals surface area contributed by atoms with Crippen molar-refractivity contribution in [1.82, 2.24) is 5.32 Å². The highest BCUT2D eigenvalue weighted by Crippen LogP contribution is 2.58. The Morgan fingerprint density at radius 1 is 0.833 bits per heavy atom. The fraction of sp³-hybridized carbons (Fsp3) is 1.00. The monoisotopic (exact) mass is 249 g/mol. The van der Waals surface area contributed by atoms with Crippen LogP contribution in [0.2, 0.25) is 0 Å². The Morgan fingerprint density at radius 2 is 1.39 bits per heavy atom. The van der Waals surface area contributed by atoms with Gasteiger partial charge in [-0.2, -0.15) is 0 Å². The molecule has 0 radical (unpaired) electrons. The molecule has 3 unspecified atom stereocenters. The van der Waals surface area contributed by atoms with Crippen LogP contribution in [-0.4, -0.2) is 12.6 Å². The van der Waals surface area contributed by atoms with Crippen LogP contribution in [0.4, 0.5) is 0 Å². The molecule has 0 aromatic heterocycles. The predicted octanol–water partition coefficient (Wildman–Crippen LogP) is 4.37. The molecule has 0 heterocycles. The molecule has 0 bridgehead atoms. The second-order valence-corrected chi connectivity index (χ2v) is 7.02. The highest BCUT2D eigenvalue weighted by Gasteiger charge is 2.55. The highest BCUT2D eigenvalue weighted by atomic mass is 14.9. The Balaban J connectivity index is 1.63. The second kappa shape index (κ2) is 5.94. The van der Waals surface area contributed by atoms with Crippen LogP contribution in [0.5, 0.6) is 0 Å². The van der Waals surface area contributed by atoms with Crippen LogP contribution in [-0.2, 0) is 0 Å². The normalized spacial score (nSPS) is 38.8. The maximum Gasteiger partial charge on any atom is 0.0129 e. The van der Waals surface area contributed by atoms with Crippen molar-refractivity contribution in [1.29, 1.82) is 0 Å². The van der Waals surface area contributed by atoms with E-state index < -0.39 is 0 Å². The summed E-state index contributed by atoms with van der Waals surface area (Å²) in [5.41, 5.74) is 0. The maximum atomic E-state index is 3.90. The van der Waals surface area contributed by atoms with Crippen LogP contribution in [0.1, 0.15) is 71.1 Å². The Hall–Kier alpha value is -0.0400. The molecule has 3 saturated carbocycles. The van der Waals surface area contributed by atoms with Crippen LogP contribution in [0.3, 0.4) is 0 Å². The van der Waals surface area contributed by atoms with Gasteiger partial charge >= 0.3 is 0 Å². The molecule has 0 aromatic carbocycles. The molecule has 1 N–H and O–H groups in total. The van der Waals surface area contributed by atoms with Crippen LogP contribution >= 0.6 is 0 Å². The Morgan fingerprint density at radius 3 is 1.94 bits per heavy atom. The van der Waals surface area contributed by atoms with E-state index in [1.54, 1.807) is 12.8 Å². The second-order valence-electron chi connectivity index (χ2n) is 7.02. The lowest BCUT2D eigenvalue weighted by Crippen LogP contribution is -2.39. The quantitative estimate of drug-likeness (QED) is 0.729. The highest BCUT2D eigenvalue weighted by molar-refractivity contribution is 5.06. The van der Waals surface area contributed by atoms with Gasteiger partial charge in [-0.1, -0.05) is 45.4 Å². The Labute approximate surface area is 113 Å². The van der Waals surface area contributed by atoms with E-state index >= 15 is 0 Å². The first kappa shape index (κ1) is 13.0. The first-order valence-electron chi connectivity index (χ1n) is 8.65. The van der Waals surface area contributed by atoms with Gasteiger partial charge in [-0.05, 0) is 55.9 Å². The molecule has 3 aliphatic rings. The molecule has 0 saturated heterocycles. The fourth-order valence-corrected chi connectivity index (χ4v) is 5.10. The third kappa shape index (κ3) is 2.61. The van der Waals surface area contributed by atoms with Crippen molar-refractivity contribution in [3.63, 3.8) is 0 Å². The van der Waals surface area contributed by atoms with E-state index in [1.165, 1.54) is 57.9 Å². The SMILES string of the molecule is CCNC(C1CCCCCC1)C1C2CCCCC21. The predicted molar refractivity (Wildman–Crippen MR) is 77.6 cm³/mol. The molecule has 18 heavy (non-hydrogen) atoms. The molecule has 3 rings (SSSR count). The molecule has 3 aliphatic carbocycles. The summed E-state index contributed by atoms with van der Waals surface area (Å²) in [4.78, 5) is 0. The topological polar surface area (TPSA) is 12.0 Å². The molecule has 3 fully saturated rings. The molecule has 0 amide bonds. The van der Waals surface area contributed by atoms with Crippen molar-refractivity contribution in [2.24, 2.45) is 23.7 Å². The zero-order valence-corrected chi connectivity index (χ0v) is 12.2. The summed E-state index contributed by atoms with van der Waals surface area (Å²) < 4.78 is 0. The summed E-state index contributed by atoms with van der Waals surface area (Å²) >= 11 is 0. The Kier molecular flexibility index (Phi) is 4.28. The van der Waals surface area contributed by atoms with E-state index in [1.807, 2.05) is 0 Å². The van der Waals surface area contributed by atoms with Gasteiger partial charge in [-0.15, -0.1) is 0 Å². The van der Waals surface area contributed by atoms with Crippen molar-refractivity contribution >= 4 is 0 Å². The van der Waals surface area contributed by atoms with Crippen LogP contribution in [0, 0.1) is 23.7 Å². The average Bonchev–Trinajstić information content (AvgIpc) is 3.16. The van der Waals surface area contributed by atoms with E-state index in [4.69, 9.17) is 0 Å². The first-order chi connectivity index (χ1) is 8.92. The van der Waals surface area contributed by atoms with Gasteiger partial charge in [0.15, 0.2) is 0 Å². The molecule has 0 spiro atoms. The van der Waals surface area contributed by atoms with Gasteiger partial charge in [-0.25, -0.2) is 0 Å². The number of hydrogen-bond donors (Lipinski definition) is 1. The average molecular weight is 249 g/mol. The van der Waals surface area contributed by atoms with Crippen LogP contribution in [0.15, 0.2) is 0 Å². The summed E-state index contributed by atoms with van der Waals surface area (Å²) in [7, 11) is 0. The van der Waals surface area contributed by atoms with Gasteiger partial charge in [0, 0.05) is 6.04 Å². The zero-order valence-electron chi connectivity index (χ0n) is 12.2. The fourth-order valence-electron chi connectivity index (χ4n) is 5.10. The van der Waals surface area contributed by atoms with E-state index in [0.29, 0.717) is 0 Å². The molecule has 3 atom stereocenters. The summed E-state index contributed by atoms with van der Waals surface area (Å²) in [6.07, 6.45) is 15.1. The lowest BCUT2D eigenvalue weighted by molar-refractivity contribution is 0.280. The molecule has 1 nitrogen and oxygen atoms in total. The van der Waals surface area contributed by atoms with Gasteiger partial charge < -0.3 is 5.32 Å². The molecular weight excluding hydrogens is 218 g/mol. The van der Waals surface area contributed by atoms with Gasteiger partial charge in [0.25, 0.3) is 0 Å². The van der Waals surface area contributed by atoms with E-state index in [0.717, 1.165) is 29.7 Å². The molecule has 104 valence electrons. The minimum Gasteiger partial charge on any atom is -0.314 e. The summed E-state index contributed by atoms with van der Waals surface area (Å²) in [6.45, 7) is 3.48. The number of rotatable bonds is 4. The first-order valence-corrected chi connectivity index (χ1v) is 8.65. The molecular formula is C17H31N. The summed E-state index contributed by atoms with van der Waals surface area (Å²) in [6, 6.07) is 0.876. The van der Waals surface area contributed by atoms with Crippen molar-refractivity contribution in [3.8, 4) is 0 Å². The zero-order chi connectivity index (χ0) is 12.4. The number of nitrogens with one attached hydrogen (secondary N) is 1. The van der Waals surface area contributed by atoms with Gasteiger partial charge in [0.1, 0.15) is 0 Å². The summed E-state index contributed by atoms with van der Waals surface area (Å²) in [5.74, 6) is 4.30. The largest absolute Gasteiger partial charge is 0.314 e.